The minimum absolute atomic E-state index is 0.367. The van der Waals surface area contributed by atoms with Crippen LogP contribution in [0.25, 0.3) is 0 Å². The van der Waals surface area contributed by atoms with Crippen molar-refractivity contribution in [3.63, 3.8) is 0 Å². The van der Waals surface area contributed by atoms with E-state index in [1.54, 1.807) is 0 Å². The van der Waals surface area contributed by atoms with E-state index < -0.39 is 76.2 Å². The Morgan fingerprint density at radius 3 is 0.689 bits per heavy atom. The first-order valence-electron chi connectivity index (χ1n) is 12.3. The summed E-state index contributed by atoms with van der Waals surface area (Å²) in [7, 11) is 0. The molecule has 1 aromatic heterocycles. The predicted molar refractivity (Wildman–Crippen MR) is 154 cm³/mol. The Bertz CT molecular complexity index is 1090. The van der Waals surface area contributed by atoms with Crippen LogP contribution in [0.3, 0.4) is 0 Å². The van der Waals surface area contributed by atoms with E-state index in [1.807, 2.05) is 0 Å². The van der Waals surface area contributed by atoms with Crippen LogP contribution in [0.4, 0.5) is 17.8 Å². The maximum absolute atomic E-state index is 11.8. The van der Waals surface area contributed by atoms with Crippen LogP contribution in [-0.4, -0.2) is 91.2 Å². The van der Waals surface area contributed by atoms with Crippen molar-refractivity contribution >= 4 is 53.7 Å². The van der Waals surface area contributed by atoms with Gasteiger partial charge in [0.2, 0.25) is 17.8 Å². The number of rotatable bonds is 21. The van der Waals surface area contributed by atoms with E-state index >= 15 is 0 Å². The van der Waals surface area contributed by atoms with Gasteiger partial charge in [0, 0.05) is 36.5 Å². The molecule has 0 aromatic carbocycles. The quantitative estimate of drug-likeness (QED) is 0.0780. The fourth-order valence-electron chi connectivity index (χ4n) is 2.43. The molecule has 0 N–H and O–H groups in total. The third kappa shape index (κ3) is 13.5. The lowest BCUT2D eigenvalue weighted by Crippen LogP contribution is -2.38. The number of ether oxygens (including phenoxy) is 6. The average Bonchev–Trinajstić information content (AvgIpc) is 3.06. The van der Waals surface area contributed by atoms with Crippen LogP contribution in [0.5, 0.6) is 0 Å². The topological polar surface area (TPSA) is 206 Å². The highest BCUT2D eigenvalue weighted by Crippen LogP contribution is 2.20. The van der Waals surface area contributed by atoms with Crippen LogP contribution in [0.1, 0.15) is 0 Å². The Labute approximate surface area is 257 Å². The number of hydrogen-bond donors (Lipinski definition) is 0. The molecule has 1 aromatic rings. The summed E-state index contributed by atoms with van der Waals surface area (Å²) in [5, 5.41) is 0. The summed E-state index contributed by atoms with van der Waals surface area (Å²) in [5.74, 6) is -6.30. The number of nitrogens with zero attached hydrogens (tertiary/aromatic N) is 6. The zero-order valence-electron chi connectivity index (χ0n) is 24.0. The second-order valence-electron chi connectivity index (χ2n) is 7.63. The molecule has 0 saturated heterocycles. The molecular weight excluding hydrogens is 600 g/mol. The molecule has 0 fully saturated rings. The SMILES string of the molecule is C=CC(=O)OCN(COC(=O)C=C)c1nc(N(COC(=O)C=C)COC(=O)C=C)nc(N(COC(=O)C=C)COC(=O)C=C)n1. The average molecular weight is 631 g/mol. The van der Waals surface area contributed by atoms with E-state index in [9.17, 15) is 28.8 Å². The van der Waals surface area contributed by atoms with Gasteiger partial charge in [0.25, 0.3) is 0 Å². The molecule has 0 radical (unpaired) electrons. The lowest BCUT2D eigenvalue weighted by molar-refractivity contribution is -0.141. The van der Waals surface area contributed by atoms with Crippen LogP contribution in [0.2, 0.25) is 0 Å². The van der Waals surface area contributed by atoms with Crippen LogP contribution in [0.15, 0.2) is 75.9 Å². The normalized spacial score (nSPS) is 9.60. The van der Waals surface area contributed by atoms with Crippen LogP contribution >= 0.6 is 0 Å². The summed E-state index contributed by atoms with van der Waals surface area (Å²) >= 11 is 0. The van der Waals surface area contributed by atoms with Gasteiger partial charge in [-0.25, -0.2) is 28.8 Å². The van der Waals surface area contributed by atoms with E-state index in [-0.39, 0.29) is 17.8 Å². The largest absolute Gasteiger partial charge is 0.441 e. The van der Waals surface area contributed by atoms with Gasteiger partial charge in [-0.05, 0) is 0 Å². The first-order valence-corrected chi connectivity index (χ1v) is 12.3. The molecule has 0 unspecified atom stereocenters. The Balaban J connectivity index is 3.84. The van der Waals surface area contributed by atoms with Crippen molar-refractivity contribution in [3.8, 4) is 0 Å². The molecular formula is C27H30N6O12. The number of carbonyl (C=O) groups is 6. The van der Waals surface area contributed by atoms with Crippen molar-refractivity contribution in [3.05, 3.63) is 75.9 Å². The lowest BCUT2D eigenvalue weighted by atomic mass is 10.6. The summed E-state index contributed by atoms with van der Waals surface area (Å²) < 4.78 is 30.3. The second-order valence-corrected chi connectivity index (χ2v) is 7.63. The highest BCUT2D eigenvalue weighted by atomic mass is 16.6. The van der Waals surface area contributed by atoms with E-state index in [2.05, 4.69) is 54.4 Å². The minimum Gasteiger partial charge on any atom is -0.441 e. The molecule has 0 spiro atoms. The Morgan fingerprint density at radius 1 is 0.400 bits per heavy atom. The standard InChI is InChI=1S/C27H30N6O12/c1-7-19(34)40-13-31(14-41-20(35)8-2)25-28-26(32(15-42-21(36)9-3)16-43-22(37)10-4)30-27(29-25)33(17-44-23(38)11-5)18-45-24(39)12-6/h7-12H,1-6,13-18H2. The Morgan fingerprint density at radius 2 is 0.556 bits per heavy atom. The fraction of sp³-hybridized carbons (Fsp3) is 0.222. The zero-order chi connectivity index (χ0) is 33.8. The maximum Gasteiger partial charge on any atom is 0.331 e. The Kier molecular flexibility index (Phi) is 16.1. The third-order valence-electron chi connectivity index (χ3n) is 4.62. The third-order valence-corrected chi connectivity index (χ3v) is 4.62. The maximum atomic E-state index is 11.8. The van der Waals surface area contributed by atoms with Gasteiger partial charge in [-0.15, -0.1) is 0 Å². The molecule has 0 aliphatic carbocycles. The predicted octanol–water partition coefficient (Wildman–Crippen LogP) is 0.411. The van der Waals surface area contributed by atoms with E-state index in [1.165, 1.54) is 0 Å². The van der Waals surface area contributed by atoms with Gasteiger partial charge in [-0.3, -0.25) is 14.7 Å². The van der Waals surface area contributed by atoms with Crippen LogP contribution in [0, 0.1) is 0 Å². The first kappa shape index (κ1) is 36.7. The van der Waals surface area contributed by atoms with Crippen molar-refractivity contribution in [2.75, 3.05) is 55.1 Å². The van der Waals surface area contributed by atoms with Gasteiger partial charge in [0.1, 0.15) is 0 Å². The van der Waals surface area contributed by atoms with Crippen molar-refractivity contribution < 1.29 is 57.2 Å². The lowest BCUT2D eigenvalue weighted by Gasteiger charge is -2.27. The first-order chi connectivity index (χ1) is 21.5. The smallest absolute Gasteiger partial charge is 0.331 e. The molecule has 18 heteroatoms. The monoisotopic (exact) mass is 630 g/mol. The van der Waals surface area contributed by atoms with Crippen LogP contribution < -0.4 is 14.7 Å². The molecule has 0 aliphatic heterocycles. The number of aromatic nitrogens is 3. The number of carbonyl (C=O) groups excluding carboxylic acids is 6. The van der Waals surface area contributed by atoms with Gasteiger partial charge in [-0.2, -0.15) is 15.0 Å². The summed E-state index contributed by atoms with van der Waals surface area (Å²) in [6.07, 6.45) is 5.20. The molecule has 18 nitrogen and oxygen atoms in total. The van der Waals surface area contributed by atoms with Gasteiger partial charge in [0.15, 0.2) is 40.4 Å². The van der Waals surface area contributed by atoms with E-state index in [4.69, 9.17) is 28.4 Å². The van der Waals surface area contributed by atoms with Gasteiger partial charge < -0.3 is 28.4 Å². The highest BCUT2D eigenvalue weighted by molar-refractivity contribution is 5.83. The summed E-state index contributed by atoms with van der Waals surface area (Å²) in [6, 6.07) is 0. The molecule has 0 aliphatic rings. The number of anilines is 3. The molecule has 240 valence electrons. The van der Waals surface area contributed by atoms with E-state index in [0.29, 0.717) is 0 Å². The summed E-state index contributed by atoms with van der Waals surface area (Å²) in [4.78, 5) is 86.7. The van der Waals surface area contributed by atoms with Gasteiger partial charge in [-0.1, -0.05) is 39.5 Å². The van der Waals surface area contributed by atoms with Crippen molar-refractivity contribution in [1.29, 1.82) is 0 Å². The molecule has 0 amide bonds. The zero-order valence-corrected chi connectivity index (χ0v) is 24.0. The summed E-state index contributed by atoms with van der Waals surface area (Å²) in [5.41, 5.74) is 0. The fourth-order valence-corrected chi connectivity index (χ4v) is 2.43. The number of esters is 6. The van der Waals surface area contributed by atoms with E-state index in [0.717, 1.165) is 51.2 Å². The van der Waals surface area contributed by atoms with Crippen molar-refractivity contribution in [1.82, 2.24) is 15.0 Å². The molecule has 0 saturated carbocycles. The highest BCUT2D eigenvalue weighted by Gasteiger charge is 2.24. The Hall–Kier alpha value is -6.33. The van der Waals surface area contributed by atoms with Gasteiger partial charge >= 0.3 is 35.8 Å². The summed E-state index contributed by atoms with van der Waals surface area (Å²) in [6.45, 7) is 16.1. The minimum atomic E-state index is -0.867. The molecule has 0 bridgehead atoms. The van der Waals surface area contributed by atoms with Crippen molar-refractivity contribution in [2.24, 2.45) is 0 Å². The molecule has 45 heavy (non-hydrogen) atoms. The molecule has 0 atom stereocenters. The second kappa shape index (κ2) is 19.7. The van der Waals surface area contributed by atoms with Crippen LogP contribution in [-0.2, 0) is 57.2 Å². The molecule has 1 heterocycles. The molecule has 1 rings (SSSR count). The van der Waals surface area contributed by atoms with Crippen molar-refractivity contribution in [2.45, 2.75) is 0 Å². The number of hydrogen-bond acceptors (Lipinski definition) is 18. The van der Waals surface area contributed by atoms with Gasteiger partial charge in [0.05, 0.1) is 0 Å².